The fourth-order valence-electron chi connectivity index (χ4n) is 1.86. The van der Waals surface area contributed by atoms with Crippen LogP contribution in [0.1, 0.15) is 17.3 Å². The Hall–Kier alpha value is -2.27. The first-order valence-corrected chi connectivity index (χ1v) is 8.03. The Kier molecular flexibility index (Phi) is 6.03. The highest BCUT2D eigenvalue weighted by atomic mass is 32.2. The SMILES string of the molecule is CCNC(=O)c1cccc(NC(=O)CSc2ccccc2)c1. The molecule has 22 heavy (non-hydrogen) atoms. The molecule has 0 unspecified atom stereocenters. The number of nitrogens with one attached hydrogen (secondary N) is 2. The first kappa shape index (κ1) is 16.1. The van der Waals surface area contributed by atoms with E-state index in [2.05, 4.69) is 10.6 Å². The molecule has 0 bridgehead atoms. The van der Waals surface area contributed by atoms with E-state index in [0.717, 1.165) is 4.90 Å². The van der Waals surface area contributed by atoms with Crippen LogP contribution < -0.4 is 10.6 Å². The maximum absolute atomic E-state index is 12.0. The van der Waals surface area contributed by atoms with Gasteiger partial charge >= 0.3 is 0 Å². The molecular weight excluding hydrogens is 296 g/mol. The van der Waals surface area contributed by atoms with Gasteiger partial charge in [0.1, 0.15) is 0 Å². The monoisotopic (exact) mass is 314 g/mol. The highest BCUT2D eigenvalue weighted by Crippen LogP contribution is 2.17. The molecular formula is C17H18N2O2S. The van der Waals surface area contributed by atoms with Crippen LogP contribution in [-0.4, -0.2) is 24.1 Å². The van der Waals surface area contributed by atoms with Crippen molar-refractivity contribution in [2.45, 2.75) is 11.8 Å². The number of amides is 2. The topological polar surface area (TPSA) is 58.2 Å². The zero-order valence-electron chi connectivity index (χ0n) is 12.3. The summed E-state index contributed by atoms with van der Waals surface area (Å²) in [6.45, 7) is 2.44. The quantitative estimate of drug-likeness (QED) is 0.805. The molecule has 2 amide bonds. The van der Waals surface area contributed by atoms with Crippen LogP contribution in [0.3, 0.4) is 0 Å². The Balaban J connectivity index is 1.91. The molecule has 0 spiro atoms. The third-order valence-electron chi connectivity index (χ3n) is 2.86. The number of carbonyl (C=O) groups excluding carboxylic acids is 2. The molecule has 0 aliphatic carbocycles. The Bertz CT molecular complexity index is 644. The molecule has 2 N–H and O–H groups in total. The summed E-state index contributed by atoms with van der Waals surface area (Å²) in [4.78, 5) is 24.8. The lowest BCUT2D eigenvalue weighted by molar-refractivity contribution is -0.113. The summed E-state index contributed by atoms with van der Waals surface area (Å²) in [7, 11) is 0. The second kappa shape index (κ2) is 8.24. The van der Waals surface area contributed by atoms with Gasteiger partial charge in [0.05, 0.1) is 5.75 Å². The summed E-state index contributed by atoms with van der Waals surface area (Å²) in [5.74, 6) is 0.0919. The van der Waals surface area contributed by atoms with Crippen LogP contribution >= 0.6 is 11.8 Å². The van der Waals surface area contributed by atoms with E-state index in [1.54, 1.807) is 24.3 Å². The van der Waals surface area contributed by atoms with Crippen LogP contribution in [0.15, 0.2) is 59.5 Å². The van der Waals surface area contributed by atoms with Crippen molar-refractivity contribution in [2.24, 2.45) is 0 Å². The molecule has 0 saturated carbocycles. The average Bonchev–Trinajstić information content (AvgIpc) is 2.54. The molecule has 0 aliphatic heterocycles. The van der Waals surface area contributed by atoms with Gasteiger partial charge in [-0.2, -0.15) is 0 Å². The predicted molar refractivity (Wildman–Crippen MR) is 90.2 cm³/mol. The molecule has 114 valence electrons. The van der Waals surface area contributed by atoms with E-state index in [4.69, 9.17) is 0 Å². The average molecular weight is 314 g/mol. The van der Waals surface area contributed by atoms with Crippen molar-refractivity contribution in [1.82, 2.24) is 5.32 Å². The second-order valence-electron chi connectivity index (χ2n) is 4.59. The number of hydrogen-bond acceptors (Lipinski definition) is 3. The number of anilines is 1. The summed E-state index contributed by atoms with van der Waals surface area (Å²) in [5.41, 5.74) is 1.16. The predicted octanol–water partition coefficient (Wildman–Crippen LogP) is 3.17. The summed E-state index contributed by atoms with van der Waals surface area (Å²) in [5, 5.41) is 5.54. The van der Waals surface area contributed by atoms with E-state index >= 15 is 0 Å². The summed E-state index contributed by atoms with van der Waals surface area (Å²) < 4.78 is 0. The third-order valence-corrected chi connectivity index (χ3v) is 3.87. The van der Waals surface area contributed by atoms with E-state index in [0.29, 0.717) is 23.5 Å². The van der Waals surface area contributed by atoms with Crippen molar-refractivity contribution in [3.8, 4) is 0 Å². The lowest BCUT2D eigenvalue weighted by atomic mass is 10.2. The molecule has 0 aromatic heterocycles. The number of rotatable bonds is 6. The van der Waals surface area contributed by atoms with Gasteiger partial charge in [0.2, 0.25) is 5.91 Å². The van der Waals surface area contributed by atoms with E-state index in [1.807, 2.05) is 37.3 Å². The first-order chi connectivity index (χ1) is 10.7. The molecule has 2 aromatic carbocycles. The molecule has 5 heteroatoms. The van der Waals surface area contributed by atoms with Crippen LogP contribution in [0.25, 0.3) is 0 Å². The van der Waals surface area contributed by atoms with E-state index < -0.39 is 0 Å². The maximum Gasteiger partial charge on any atom is 0.251 e. The third kappa shape index (κ3) is 4.93. The molecule has 4 nitrogen and oxygen atoms in total. The smallest absolute Gasteiger partial charge is 0.251 e. The number of thioether (sulfide) groups is 1. The van der Waals surface area contributed by atoms with Gasteiger partial charge in [-0.3, -0.25) is 9.59 Å². The van der Waals surface area contributed by atoms with Crippen LogP contribution in [-0.2, 0) is 4.79 Å². The Morgan fingerprint density at radius 2 is 1.82 bits per heavy atom. The Morgan fingerprint density at radius 3 is 2.55 bits per heavy atom. The normalized spacial score (nSPS) is 10.0. The van der Waals surface area contributed by atoms with Crippen LogP contribution in [0.5, 0.6) is 0 Å². The van der Waals surface area contributed by atoms with Crippen molar-refractivity contribution in [2.75, 3.05) is 17.6 Å². The van der Waals surface area contributed by atoms with Crippen molar-refractivity contribution < 1.29 is 9.59 Å². The fraction of sp³-hybridized carbons (Fsp3) is 0.176. The Labute approximate surface area is 134 Å². The summed E-state index contributed by atoms with van der Waals surface area (Å²) in [6, 6.07) is 16.7. The molecule has 0 saturated heterocycles. The highest BCUT2D eigenvalue weighted by molar-refractivity contribution is 8.00. The molecule has 2 aromatic rings. The van der Waals surface area contributed by atoms with Crippen molar-refractivity contribution in [3.63, 3.8) is 0 Å². The fourth-order valence-corrected chi connectivity index (χ4v) is 2.58. The zero-order valence-corrected chi connectivity index (χ0v) is 13.2. The van der Waals surface area contributed by atoms with Gasteiger partial charge in [-0.15, -0.1) is 11.8 Å². The van der Waals surface area contributed by atoms with Gasteiger partial charge in [-0.1, -0.05) is 24.3 Å². The highest BCUT2D eigenvalue weighted by Gasteiger charge is 2.07. The van der Waals surface area contributed by atoms with Gasteiger partial charge in [0.15, 0.2) is 0 Å². The minimum atomic E-state index is -0.141. The zero-order chi connectivity index (χ0) is 15.8. The van der Waals surface area contributed by atoms with Crippen LogP contribution in [0, 0.1) is 0 Å². The summed E-state index contributed by atoms with van der Waals surface area (Å²) >= 11 is 1.48. The molecule has 0 radical (unpaired) electrons. The van der Waals surface area contributed by atoms with Crippen molar-refractivity contribution in [1.29, 1.82) is 0 Å². The Morgan fingerprint density at radius 1 is 1.05 bits per heavy atom. The number of carbonyl (C=O) groups is 2. The minimum absolute atomic E-state index is 0.0955. The van der Waals surface area contributed by atoms with E-state index in [1.165, 1.54) is 11.8 Å². The molecule has 0 heterocycles. The van der Waals surface area contributed by atoms with Crippen LogP contribution in [0.4, 0.5) is 5.69 Å². The molecule has 0 fully saturated rings. The maximum atomic E-state index is 12.0. The molecule has 0 atom stereocenters. The molecule has 0 aliphatic rings. The first-order valence-electron chi connectivity index (χ1n) is 7.05. The van der Waals surface area contributed by atoms with Gasteiger partial charge in [-0.05, 0) is 37.3 Å². The van der Waals surface area contributed by atoms with Crippen molar-refractivity contribution >= 4 is 29.3 Å². The van der Waals surface area contributed by atoms with Gasteiger partial charge in [0, 0.05) is 22.7 Å². The van der Waals surface area contributed by atoms with Gasteiger partial charge in [0.25, 0.3) is 5.91 Å². The largest absolute Gasteiger partial charge is 0.352 e. The lowest BCUT2D eigenvalue weighted by Crippen LogP contribution is -2.23. The van der Waals surface area contributed by atoms with Crippen LogP contribution in [0.2, 0.25) is 0 Å². The summed E-state index contributed by atoms with van der Waals surface area (Å²) in [6.07, 6.45) is 0. The number of hydrogen-bond donors (Lipinski definition) is 2. The van der Waals surface area contributed by atoms with E-state index in [-0.39, 0.29) is 11.8 Å². The van der Waals surface area contributed by atoms with Gasteiger partial charge < -0.3 is 10.6 Å². The second-order valence-corrected chi connectivity index (χ2v) is 5.64. The van der Waals surface area contributed by atoms with Crippen molar-refractivity contribution in [3.05, 3.63) is 60.2 Å². The standard InChI is InChI=1S/C17H18N2O2S/c1-2-18-17(21)13-7-6-8-14(11-13)19-16(20)12-22-15-9-4-3-5-10-15/h3-11H,2,12H2,1H3,(H,18,21)(H,19,20). The van der Waals surface area contributed by atoms with Gasteiger partial charge in [-0.25, -0.2) is 0 Å². The minimum Gasteiger partial charge on any atom is -0.352 e. The molecule has 2 rings (SSSR count). The lowest BCUT2D eigenvalue weighted by Gasteiger charge is -2.07. The number of benzene rings is 2. The van der Waals surface area contributed by atoms with E-state index in [9.17, 15) is 9.59 Å².